The number of benzene rings is 13. The number of fused-ring (bicyclic) bond motifs is 4. The van der Waals surface area contributed by atoms with Gasteiger partial charge in [-0.05, 0) is 208 Å². The number of anilines is 9. The van der Waals surface area contributed by atoms with Crippen LogP contribution in [0, 0.1) is 76.2 Å². The fourth-order valence-corrected chi connectivity index (χ4v) is 17.8. The van der Waals surface area contributed by atoms with Crippen LogP contribution in [0.1, 0.15) is 142 Å². The van der Waals surface area contributed by atoms with Gasteiger partial charge in [-0.1, -0.05) is 198 Å². The Morgan fingerprint density at radius 3 is 1.57 bits per heavy atom. The standard InChI is InChI=1S/C25H20N4O.C25H21N3O.C21H11ClN2O.C20H17N3O.C19H15N3O/c1-15-8-9-18(16(2)14-15)27-25-28-19-10-11-21(26-17-6-4-3-5-7-17)24-22(30)13-12-20(29-25)23(19)24;1-13-11-14(2)23(15(3)12-13)26-20-10-6-8-18-22(20)25(29)19-9-5-7-17-16(4)27-28-24(18)21(17)19;22-13-10-8-12(9-11-13)19-16-6-3-7-17-18(16)20(24-23-19)14-4-1-2-5-15(14)21(17)25;1-11-7-8-15(12(2)9-11)23-17-10-18(24)14-5-4-6-16-19(14)20(17)22-13(3)21-16;1-11-3-5-13(6-4-11)22-16-8-7-14-17(23)10-9-15-18(14)19(16)21-12(2)20-15/h3-14,26H,1-2H3,(H,27,28,29);5-12,26H,1-4H3;1-11H;4-10,23H,1-3H3;3-10,22H,1-2H3. The van der Waals surface area contributed by atoms with Gasteiger partial charge in [-0.2, -0.15) is 5.10 Å². The van der Waals surface area contributed by atoms with Gasteiger partial charge in [0.25, 0.3) is 0 Å². The van der Waals surface area contributed by atoms with E-state index >= 15 is 0 Å². The number of allylic oxidation sites excluding steroid dienone is 3. The number of nitrogens with one attached hydrogen (secondary N) is 5. The van der Waals surface area contributed by atoms with E-state index in [1.165, 1.54) is 22.3 Å². The van der Waals surface area contributed by atoms with Gasteiger partial charge in [-0.3, -0.25) is 24.0 Å². The summed E-state index contributed by atoms with van der Waals surface area (Å²) >= 11 is 5.99. The Bertz CT molecular complexity index is 7980. The number of halogens is 1. The van der Waals surface area contributed by atoms with Gasteiger partial charge in [0.05, 0.1) is 73.2 Å². The average Bonchev–Trinajstić information content (AvgIpc) is 0.733. The molecule has 5 aliphatic carbocycles. The van der Waals surface area contributed by atoms with E-state index in [-0.39, 0.29) is 28.9 Å². The Kier molecular flexibility index (Phi) is 22.2. The molecule has 0 amide bonds. The van der Waals surface area contributed by atoms with Crippen LogP contribution in [0.5, 0.6) is 0 Å². The number of ketones is 5. The van der Waals surface area contributed by atoms with E-state index in [9.17, 15) is 24.0 Å². The highest BCUT2D eigenvalue weighted by Crippen LogP contribution is 2.46. The Balaban J connectivity index is 0.000000106. The van der Waals surface area contributed by atoms with E-state index in [2.05, 4.69) is 181 Å². The number of aryl methyl sites for hydroxylation is 11. The summed E-state index contributed by atoms with van der Waals surface area (Å²) < 4.78 is 0. The molecule has 0 unspecified atom stereocenters. The first-order valence-electron chi connectivity index (χ1n) is 42.9. The maximum Gasteiger partial charge on any atom is 0.228 e. The topological polar surface area (TPSA) is 274 Å². The predicted octanol–water partition coefficient (Wildman–Crippen LogP) is 25.3. The van der Waals surface area contributed by atoms with Crippen LogP contribution in [0.3, 0.4) is 0 Å². The summed E-state index contributed by atoms with van der Waals surface area (Å²) in [5, 5.41) is 41.5. The summed E-state index contributed by atoms with van der Waals surface area (Å²) in [5.74, 6) is 1.88. The second kappa shape index (κ2) is 34.6. The van der Waals surface area contributed by atoms with Crippen LogP contribution in [0.2, 0.25) is 5.02 Å². The lowest BCUT2D eigenvalue weighted by atomic mass is 9.84. The molecule has 5 N–H and O–H groups in total. The molecule has 21 heteroatoms. The average molecular weight is 1730 g/mol. The van der Waals surface area contributed by atoms with Crippen molar-refractivity contribution in [2.24, 2.45) is 0 Å². The van der Waals surface area contributed by atoms with Gasteiger partial charge in [0.1, 0.15) is 28.7 Å². The molecule has 5 heterocycles. The van der Waals surface area contributed by atoms with E-state index in [1.807, 2.05) is 221 Å². The van der Waals surface area contributed by atoms with E-state index in [4.69, 9.17) is 11.6 Å². The molecular weight excluding hydrogens is 1650 g/mol. The molecule has 0 saturated carbocycles. The van der Waals surface area contributed by atoms with Crippen LogP contribution in [0.4, 0.5) is 51.4 Å². The van der Waals surface area contributed by atoms with E-state index < -0.39 is 0 Å². The Hall–Kier alpha value is -16.6. The van der Waals surface area contributed by atoms with Crippen molar-refractivity contribution in [3.05, 3.63) is 390 Å². The van der Waals surface area contributed by atoms with Crippen molar-refractivity contribution in [2.75, 3.05) is 26.6 Å². The third-order valence-corrected chi connectivity index (χ3v) is 24.0. The van der Waals surface area contributed by atoms with Crippen LogP contribution < -0.4 is 26.6 Å². The molecule has 5 aromatic heterocycles. The van der Waals surface area contributed by atoms with Crippen molar-refractivity contribution >= 4 is 164 Å². The summed E-state index contributed by atoms with van der Waals surface area (Å²) in [5.41, 5.74) is 32.4. The van der Waals surface area contributed by atoms with Crippen LogP contribution in [0.15, 0.2) is 267 Å². The van der Waals surface area contributed by atoms with Crippen molar-refractivity contribution in [3.63, 3.8) is 0 Å². The van der Waals surface area contributed by atoms with Gasteiger partial charge < -0.3 is 26.6 Å². The van der Waals surface area contributed by atoms with Gasteiger partial charge in [0, 0.05) is 122 Å². The van der Waals surface area contributed by atoms with E-state index in [0.29, 0.717) is 61.6 Å². The Morgan fingerprint density at radius 2 is 0.840 bits per heavy atom. The van der Waals surface area contributed by atoms with Gasteiger partial charge in [0.2, 0.25) is 5.95 Å². The molecule has 0 bridgehead atoms. The molecule has 20 nitrogen and oxygen atoms in total. The van der Waals surface area contributed by atoms with E-state index in [1.54, 1.807) is 30.4 Å². The number of nitrogens with zero attached hydrogens (tertiary/aromatic N) is 10. The second-order valence-electron chi connectivity index (χ2n) is 33.2. The number of carbonyl (C=O) groups is 5. The summed E-state index contributed by atoms with van der Waals surface area (Å²) in [7, 11) is 0. The van der Waals surface area contributed by atoms with Gasteiger partial charge in [-0.25, -0.2) is 29.9 Å². The zero-order valence-corrected chi connectivity index (χ0v) is 74.2. The molecule has 0 aliphatic heterocycles. The largest absolute Gasteiger partial charge is 0.355 e. The van der Waals surface area contributed by atoms with Crippen molar-refractivity contribution in [1.82, 2.24) is 50.3 Å². The van der Waals surface area contributed by atoms with Crippen LogP contribution >= 0.6 is 11.6 Å². The molecule has 0 saturated heterocycles. The maximum absolute atomic E-state index is 13.6. The molecule has 13 aromatic carbocycles. The SMILES string of the molecule is Cc1cc(C)c(Nc2cccc3c2C(=O)c2cccc4c(C)nnc-3c24)c(C)c1.Cc1ccc(NC2=CC(=O)c3cccc4nc(C)nc2c34)c(C)c1.Cc1ccc(Nc2ccc3c4c(nc(C)nc24)C=CC3=O)cc1.Cc1ccc(Nc2nc3c4c(c(Nc5ccccc5)ccc4n2)C(=O)C=C3)c(C)c1.O=C1c2ccccc2-c2nnc(-c3ccc(Cl)cc3)c3cccc1c23. The van der Waals surface area contributed by atoms with Gasteiger partial charge in [0.15, 0.2) is 28.9 Å². The number of rotatable bonds is 11. The fraction of sp³-hybridized carbons (Fsp3) is 0.100. The van der Waals surface area contributed by atoms with Crippen molar-refractivity contribution in [1.29, 1.82) is 0 Å². The predicted molar refractivity (Wildman–Crippen MR) is 526 cm³/mol. The first kappa shape index (κ1) is 83.9. The number of aromatic nitrogens is 10. The lowest BCUT2D eigenvalue weighted by Gasteiger charge is -2.23. The summed E-state index contributed by atoms with van der Waals surface area (Å²) in [6, 6.07) is 80.3. The molecule has 0 atom stereocenters. The molecule has 636 valence electrons. The molecule has 0 spiro atoms. The lowest BCUT2D eigenvalue weighted by Crippen LogP contribution is -2.14. The summed E-state index contributed by atoms with van der Waals surface area (Å²) in [6.07, 6.45) is 8.29. The maximum atomic E-state index is 13.6. The zero-order chi connectivity index (χ0) is 90.7. The van der Waals surface area contributed by atoms with Crippen LogP contribution in [-0.4, -0.2) is 79.2 Å². The highest BCUT2D eigenvalue weighted by molar-refractivity contribution is 6.31. The van der Waals surface area contributed by atoms with Crippen LogP contribution in [-0.2, 0) is 0 Å². The highest BCUT2D eigenvalue weighted by Gasteiger charge is 2.33. The third-order valence-electron chi connectivity index (χ3n) is 23.8. The lowest BCUT2D eigenvalue weighted by molar-refractivity contribution is 0.103. The smallest absolute Gasteiger partial charge is 0.228 e. The molecular formula is C110H84ClN15O5. The second-order valence-corrected chi connectivity index (χ2v) is 33.6. The normalized spacial score (nSPS) is 12.5. The quantitative estimate of drug-likeness (QED) is 0.0805. The Morgan fingerprint density at radius 1 is 0.298 bits per heavy atom. The monoisotopic (exact) mass is 1730 g/mol. The fourth-order valence-electron chi connectivity index (χ4n) is 17.7. The highest BCUT2D eigenvalue weighted by atomic mass is 35.5. The third kappa shape index (κ3) is 16.2. The molecule has 0 radical (unpaired) electrons. The number of para-hydroxylation sites is 1. The molecule has 0 fully saturated rings. The molecule has 5 aliphatic rings. The molecule has 23 rings (SSSR count). The van der Waals surface area contributed by atoms with Crippen molar-refractivity contribution in [3.8, 4) is 33.8 Å². The minimum Gasteiger partial charge on any atom is -0.355 e. The minimum absolute atomic E-state index is 0.00293. The number of hydrogen-bond donors (Lipinski definition) is 5. The zero-order valence-electron chi connectivity index (χ0n) is 73.4. The van der Waals surface area contributed by atoms with Gasteiger partial charge >= 0.3 is 0 Å². The van der Waals surface area contributed by atoms with Crippen molar-refractivity contribution in [2.45, 2.75) is 76.2 Å². The minimum atomic E-state index is -0.0507. The number of hydrogen-bond acceptors (Lipinski definition) is 20. The van der Waals surface area contributed by atoms with Crippen molar-refractivity contribution < 1.29 is 24.0 Å². The Labute approximate surface area is 759 Å². The van der Waals surface area contributed by atoms with Crippen LogP contribution in [0.25, 0.3) is 106 Å². The first-order chi connectivity index (χ1) is 63.4. The summed E-state index contributed by atoms with van der Waals surface area (Å²) in [6.45, 7) is 22.2. The van der Waals surface area contributed by atoms with Gasteiger partial charge in [-0.15, -0.1) is 15.3 Å². The summed E-state index contributed by atoms with van der Waals surface area (Å²) in [4.78, 5) is 91.3. The first-order valence-corrected chi connectivity index (χ1v) is 43.3. The molecule has 131 heavy (non-hydrogen) atoms. The van der Waals surface area contributed by atoms with E-state index in [0.717, 1.165) is 184 Å². The number of carbonyl (C=O) groups excluding carboxylic acids is 5. The molecule has 18 aromatic rings.